The maximum absolute atomic E-state index is 9.21. The summed E-state index contributed by atoms with van der Waals surface area (Å²) in [4.78, 5) is 2.60. The number of nitrogens with two attached hydrogens (primary N) is 1. The molecule has 0 amide bonds. The van der Waals surface area contributed by atoms with Crippen LogP contribution in [0, 0.1) is 0 Å². The number of thiocarbonyl (C=S) groups is 1. The highest BCUT2D eigenvalue weighted by Gasteiger charge is 2.26. The topological polar surface area (TPSA) is 58.7 Å². The van der Waals surface area contributed by atoms with Gasteiger partial charge in [0.25, 0.3) is 0 Å². The molecule has 3 N–H and O–H groups in total. The summed E-state index contributed by atoms with van der Waals surface area (Å²) in [6.07, 6.45) is -0.124. The Balaban J connectivity index is 2.10. The number of aliphatic hydroxyl groups is 1. The maximum Gasteiger partial charge on any atom is 0.104 e. The first-order valence-electron chi connectivity index (χ1n) is 6.56. The standard InChI is InChI=1S/C14H19ClN2O2S/c1-9-8-19-12(7-18)6-17(9)5-11-3-2-10(14(16)20)4-13(11)15/h2-4,9,12,18H,5-8H2,1H3,(H2,16,20). The molecule has 0 bridgehead atoms. The van der Waals surface area contributed by atoms with Gasteiger partial charge >= 0.3 is 0 Å². The minimum absolute atomic E-state index is 0.0390. The normalized spacial score (nSPS) is 23.8. The van der Waals surface area contributed by atoms with Crippen molar-refractivity contribution < 1.29 is 9.84 Å². The van der Waals surface area contributed by atoms with Gasteiger partial charge in [-0.1, -0.05) is 36.0 Å². The highest BCUT2D eigenvalue weighted by atomic mass is 35.5. The van der Waals surface area contributed by atoms with Crippen LogP contribution < -0.4 is 5.73 Å². The molecule has 20 heavy (non-hydrogen) atoms. The molecule has 1 fully saturated rings. The van der Waals surface area contributed by atoms with Crippen molar-refractivity contribution in [1.29, 1.82) is 0 Å². The van der Waals surface area contributed by atoms with Crippen LogP contribution in [0.5, 0.6) is 0 Å². The zero-order chi connectivity index (χ0) is 14.7. The quantitative estimate of drug-likeness (QED) is 0.826. The van der Waals surface area contributed by atoms with Crippen molar-refractivity contribution in [3.63, 3.8) is 0 Å². The first kappa shape index (κ1) is 15.7. The molecule has 1 aromatic rings. The zero-order valence-electron chi connectivity index (χ0n) is 11.4. The molecule has 0 aliphatic carbocycles. The van der Waals surface area contributed by atoms with Crippen molar-refractivity contribution in [2.24, 2.45) is 5.73 Å². The number of ether oxygens (including phenoxy) is 1. The number of benzene rings is 1. The lowest BCUT2D eigenvalue weighted by Crippen LogP contribution is -2.48. The van der Waals surface area contributed by atoms with E-state index in [-0.39, 0.29) is 12.7 Å². The van der Waals surface area contributed by atoms with Crippen LogP contribution in [-0.4, -0.2) is 46.9 Å². The number of rotatable bonds is 4. The number of hydrogen-bond donors (Lipinski definition) is 2. The van der Waals surface area contributed by atoms with E-state index in [0.717, 1.165) is 17.7 Å². The fourth-order valence-electron chi connectivity index (χ4n) is 2.25. The van der Waals surface area contributed by atoms with E-state index in [0.29, 0.717) is 29.2 Å². The van der Waals surface area contributed by atoms with Gasteiger partial charge in [-0.05, 0) is 18.6 Å². The molecule has 1 aromatic carbocycles. The van der Waals surface area contributed by atoms with Gasteiger partial charge in [-0.2, -0.15) is 0 Å². The highest BCUT2D eigenvalue weighted by molar-refractivity contribution is 7.80. The van der Waals surface area contributed by atoms with Crippen molar-refractivity contribution in [3.8, 4) is 0 Å². The predicted octanol–water partition coefficient (Wildman–Crippen LogP) is 1.56. The molecule has 1 heterocycles. The molecule has 1 aliphatic heterocycles. The maximum atomic E-state index is 9.21. The predicted molar refractivity (Wildman–Crippen MR) is 84.0 cm³/mol. The summed E-state index contributed by atoms with van der Waals surface area (Å²) in [6, 6.07) is 5.93. The van der Waals surface area contributed by atoms with E-state index in [2.05, 4.69) is 11.8 Å². The summed E-state index contributed by atoms with van der Waals surface area (Å²) in [5.41, 5.74) is 7.39. The third kappa shape index (κ3) is 3.68. The zero-order valence-corrected chi connectivity index (χ0v) is 13.0. The van der Waals surface area contributed by atoms with Crippen LogP contribution >= 0.6 is 23.8 Å². The highest BCUT2D eigenvalue weighted by Crippen LogP contribution is 2.22. The Morgan fingerprint density at radius 1 is 1.60 bits per heavy atom. The molecule has 1 saturated heterocycles. The monoisotopic (exact) mass is 314 g/mol. The third-order valence-electron chi connectivity index (χ3n) is 3.55. The van der Waals surface area contributed by atoms with Crippen LogP contribution in [0.4, 0.5) is 0 Å². The van der Waals surface area contributed by atoms with Crippen LogP contribution in [0.25, 0.3) is 0 Å². The van der Waals surface area contributed by atoms with Gasteiger partial charge in [-0.25, -0.2) is 0 Å². The number of hydrogen-bond acceptors (Lipinski definition) is 4. The number of morpholine rings is 1. The fraction of sp³-hybridized carbons (Fsp3) is 0.500. The Kier molecular flexibility index (Phi) is 5.35. The average molecular weight is 315 g/mol. The second-order valence-corrected chi connectivity index (χ2v) is 5.93. The van der Waals surface area contributed by atoms with E-state index in [1.54, 1.807) is 6.07 Å². The second-order valence-electron chi connectivity index (χ2n) is 5.09. The number of aliphatic hydroxyl groups excluding tert-OH is 1. The lowest BCUT2D eigenvalue weighted by molar-refractivity contribution is -0.0805. The SMILES string of the molecule is CC1COC(CO)CN1Cc1ccc(C(N)=S)cc1Cl. The number of nitrogens with zero attached hydrogens (tertiary/aromatic N) is 1. The lowest BCUT2D eigenvalue weighted by Gasteiger charge is -2.37. The summed E-state index contributed by atoms with van der Waals surface area (Å²) < 4.78 is 5.53. The molecular weight excluding hydrogens is 296 g/mol. The Labute approximate surface area is 129 Å². The molecule has 6 heteroatoms. The summed E-state index contributed by atoms with van der Waals surface area (Å²) >= 11 is 11.2. The molecular formula is C14H19ClN2O2S. The largest absolute Gasteiger partial charge is 0.394 e. The molecule has 1 aliphatic rings. The summed E-state index contributed by atoms with van der Waals surface area (Å²) in [6.45, 7) is 4.18. The van der Waals surface area contributed by atoms with Gasteiger partial charge in [0.1, 0.15) is 4.99 Å². The van der Waals surface area contributed by atoms with Crippen molar-refractivity contribution in [2.45, 2.75) is 25.6 Å². The Hall–Kier alpha value is -0.720. The molecule has 110 valence electrons. The molecule has 2 atom stereocenters. The van der Waals surface area contributed by atoms with Gasteiger partial charge in [0, 0.05) is 29.7 Å². The van der Waals surface area contributed by atoms with Crippen LogP contribution in [0.3, 0.4) is 0 Å². The molecule has 2 unspecified atom stereocenters. The fourth-order valence-corrected chi connectivity index (χ4v) is 2.62. The van der Waals surface area contributed by atoms with Crippen LogP contribution in [0.15, 0.2) is 18.2 Å². The Bertz CT molecular complexity index is 498. The van der Waals surface area contributed by atoms with E-state index < -0.39 is 0 Å². The van der Waals surface area contributed by atoms with Crippen molar-refractivity contribution in [3.05, 3.63) is 34.3 Å². The molecule has 0 saturated carbocycles. The minimum Gasteiger partial charge on any atom is -0.394 e. The Morgan fingerprint density at radius 2 is 2.35 bits per heavy atom. The first-order chi connectivity index (χ1) is 9.51. The minimum atomic E-state index is -0.124. The van der Waals surface area contributed by atoms with E-state index in [1.807, 2.05) is 12.1 Å². The molecule has 0 aromatic heterocycles. The van der Waals surface area contributed by atoms with Crippen molar-refractivity contribution in [2.75, 3.05) is 19.8 Å². The van der Waals surface area contributed by atoms with Gasteiger partial charge in [-0.15, -0.1) is 0 Å². The van der Waals surface area contributed by atoms with Crippen LogP contribution in [0.1, 0.15) is 18.1 Å². The summed E-state index contributed by atoms with van der Waals surface area (Å²) in [5.74, 6) is 0. The van der Waals surface area contributed by atoms with Crippen molar-refractivity contribution >= 4 is 28.8 Å². The molecule has 0 radical (unpaired) electrons. The average Bonchev–Trinajstić information content (AvgIpc) is 2.43. The van der Waals surface area contributed by atoms with E-state index >= 15 is 0 Å². The van der Waals surface area contributed by atoms with Crippen LogP contribution in [0.2, 0.25) is 5.02 Å². The first-order valence-corrected chi connectivity index (χ1v) is 7.34. The molecule has 4 nitrogen and oxygen atoms in total. The lowest BCUT2D eigenvalue weighted by atomic mass is 10.1. The van der Waals surface area contributed by atoms with Gasteiger partial charge < -0.3 is 15.6 Å². The smallest absolute Gasteiger partial charge is 0.104 e. The second kappa shape index (κ2) is 6.83. The Morgan fingerprint density at radius 3 is 2.95 bits per heavy atom. The van der Waals surface area contributed by atoms with Gasteiger partial charge in [0.2, 0.25) is 0 Å². The van der Waals surface area contributed by atoms with Gasteiger partial charge in [-0.3, -0.25) is 4.90 Å². The van der Waals surface area contributed by atoms with E-state index in [1.165, 1.54) is 0 Å². The molecule has 2 rings (SSSR count). The van der Waals surface area contributed by atoms with Crippen molar-refractivity contribution in [1.82, 2.24) is 4.90 Å². The summed E-state index contributed by atoms with van der Waals surface area (Å²) in [5, 5.41) is 9.87. The van der Waals surface area contributed by atoms with Gasteiger partial charge in [0.05, 0.1) is 19.3 Å². The van der Waals surface area contributed by atoms with Crippen LogP contribution in [-0.2, 0) is 11.3 Å². The summed E-state index contributed by atoms with van der Waals surface area (Å²) in [7, 11) is 0. The van der Waals surface area contributed by atoms with Gasteiger partial charge in [0.15, 0.2) is 0 Å². The van der Waals surface area contributed by atoms with E-state index in [9.17, 15) is 5.11 Å². The van der Waals surface area contributed by atoms with E-state index in [4.69, 9.17) is 34.3 Å². The number of halogens is 1. The third-order valence-corrected chi connectivity index (χ3v) is 4.14. The molecule has 0 spiro atoms.